The first-order valence-electron chi connectivity index (χ1n) is 8.85. The Morgan fingerprint density at radius 1 is 1.21 bits per heavy atom. The van der Waals surface area contributed by atoms with Crippen LogP contribution in [0.1, 0.15) is 28.8 Å². The van der Waals surface area contributed by atoms with Crippen molar-refractivity contribution in [1.29, 1.82) is 0 Å². The number of carboxylic acid groups (broad SMARTS) is 1. The summed E-state index contributed by atoms with van der Waals surface area (Å²) in [5.74, 6) is 2.14. The Bertz CT molecular complexity index is 946. The van der Waals surface area contributed by atoms with Crippen molar-refractivity contribution in [3.8, 4) is 23.8 Å². The number of aromatic carboxylic acids is 1. The zero-order chi connectivity index (χ0) is 20.3. The van der Waals surface area contributed by atoms with E-state index in [4.69, 9.17) is 15.9 Å². The maximum absolute atomic E-state index is 12.7. The van der Waals surface area contributed by atoms with Crippen LogP contribution in [0.25, 0.3) is 0 Å². The van der Waals surface area contributed by atoms with Crippen molar-refractivity contribution in [1.82, 2.24) is 0 Å². The van der Waals surface area contributed by atoms with Gasteiger partial charge in [0, 0.05) is 5.92 Å². The van der Waals surface area contributed by atoms with Gasteiger partial charge in [0.05, 0.1) is 18.4 Å². The molecule has 0 aromatic heterocycles. The van der Waals surface area contributed by atoms with E-state index in [-0.39, 0.29) is 35.8 Å². The summed E-state index contributed by atoms with van der Waals surface area (Å²) in [4.78, 5) is 24.1. The number of amides is 1. The fourth-order valence-electron chi connectivity index (χ4n) is 3.50. The van der Waals surface area contributed by atoms with E-state index < -0.39 is 5.97 Å². The fraction of sp³-hybridized carbons (Fsp3) is 0.273. The van der Waals surface area contributed by atoms with Crippen molar-refractivity contribution < 1.29 is 24.2 Å². The molecule has 3 atom stereocenters. The Hall–Kier alpha value is -3.46. The molecule has 1 fully saturated rings. The van der Waals surface area contributed by atoms with Crippen LogP contribution in [-0.2, 0) is 4.79 Å². The van der Waals surface area contributed by atoms with Gasteiger partial charge in [0.25, 0.3) is 0 Å². The maximum Gasteiger partial charge on any atom is 0.337 e. The number of para-hydroxylation sites is 1. The van der Waals surface area contributed by atoms with Crippen LogP contribution in [0.15, 0.2) is 42.5 Å². The average molecular weight is 379 g/mol. The zero-order valence-electron chi connectivity index (χ0n) is 15.6. The molecule has 1 aliphatic carbocycles. The summed E-state index contributed by atoms with van der Waals surface area (Å²) in [5.41, 5.74) is 1.33. The van der Waals surface area contributed by atoms with Gasteiger partial charge >= 0.3 is 5.97 Å². The van der Waals surface area contributed by atoms with Gasteiger partial charge in [0.2, 0.25) is 5.91 Å². The molecule has 3 unspecified atom stereocenters. The number of methoxy groups -OCH3 is 1. The number of nitrogens with one attached hydrogen (secondary N) is 1. The number of carbonyl (C=O) groups is 2. The molecule has 144 valence electrons. The summed E-state index contributed by atoms with van der Waals surface area (Å²) in [6, 6.07) is 11.9. The monoisotopic (exact) mass is 379 g/mol. The van der Waals surface area contributed by atoms with Crippen LogP contribution in [0.3, 0.4) is 0 Å². The van der Waals surface area contributed by atoms with E-state index in [1.165, 1.54) is 6.07 Å². The zero-order valence-corrected chi connectivity index (χ0v) is 15.6. The Morgan fingerprint density at radius 3 is 2.64 bits per heavy atom. The standard InChI is InChI=1S/C22H21NO5/c1-4-11-28-17-10-9-14(12-18(17)27-3)19-13(2)20(19)21(24)23-16-8-6-5-7-15(16)22(25)26/h1,5-10,12-13,19-20H,11H2,2-3H3,(H,23,24)(H,25,26). The van der Waals surface area contributed by atoms with Crippen LogP contribution in [0.2, 0.25) is 0 Å². The lowest BCUT2D eigenvalue weighted by Crippen LogP contribution is -2.17. The molecule has 1 amide bonds. The van der Waals surface area contributed by atoms with Crippen molar-refractivity contribution in [2.75, 3.05) is 19.0 Å². The molecule has 0 saturated heterocycles. The average Bonchev–Trinajstić information content (AvgIpc) is 3.37. The molecule has 0 aliphatic heterocycles. The highest BCUT2D eigenvalue weighted by Gasteiger charge is 2.52. The van der Waals surface area contributed by atoms with E-state index in [9.17, 15) is 14.7 Å². The third kappa shape index (κ3) is 3.79. The molecule has 6 nitrogen and oxygen atoms in total. The predicted molar refractivity (Wildman–Crippen MR) is 105 cm³/mol. The molecule has 3 rings (SSSR count). The van der Waals surface area contributed by atoms with Crippen LogP contribution in [0.5, 0.6) is 11.5 Å². The van der Waals surface area contributed by atoms with E-state index in [1.807, 2.05) is 19.1 Å². The summed E-state index contributed by atoms with van der Waals surface area (Å²) < 4.78 is 10.8. The third-order valence-corrected chi connectivity index (χ3v) is 4.98. The molecule has 6 heteroatoms. The highest BCUT2D eigenvalue weighted by atomic mass is 16.5. The fourth-order valence-corrected chi connectivity index (χ4v) is 3.50. The molecule has 2 N–H and O–H groups in total. The summed E-state index contributed by atoms with van der Waals surface area (Å²) in [5, 5.41) is 12.0. The molecule has 0 bridgehead atoms. The van der Waals surface area contributed by atoms with Crippen LogP contribution in [0, 0.1) is 24.2 Å². The first-order valence-corrected chi connectivity index (χ1v) is 8.85. The smallest absolute Gasteiger partial charge is 0.337 e. The van der Waals surface area contributed by atoms with E-state index >= 15 is 0 Å². The minimum Gasteiger partial charge on any atom is -0.493 e. The molecule has 2 aromatic rings. The number of rotatable bonds is 7. The van der Waals surface area contributed by atoms with Crippen molar-refractivity contribution in [3.63, 3.8) is 0 Å². The maximum atomic E-state index is 12.7. The summed E-state index contributed by atoms with van der Waals surface area (Å²) >= 11 is 0. The van der Waals surface area contributed by atoms with Crippen molar-refractivity contribution in [2.45, 2.75) is 12.8 Å². The van der Waals surface area contributed by atoms with Crippen LogP contribution in [-0.4, -0.2) is 30.7 Å². The van der Waals surface area contributed by atoms with Gasteiger partial charge in [-0.3, -0.25) is 4.79 Å². The molecule has 28 heavy (non-hydrogen) atoms. The molecular formula is C22H21NO5. The molecule has 0 radical (unpaired) electrons. The minimum atomic E-state index is -1.08. The third-order valence-electron chi connectivity index (χ3n) is 4.98. The second-order valence-corrected chi connectivity index (χ2v) is 6.65. The lowest BCUT2D eigenvalue weighted by Gasteiger charge is -2.11. The van der Waals surface area contributed by atoms with Crippen molar-refractivity contribution in [2.24, 2.45) is 11.8 Å². The normalized spacial score (nSPS) is 20.0. The van der Waals surface area contributed by atoms with Gasteiger partial charge in [0.15, 0.2) is 11.5 Å². The summed E-state index contributed by atoms with van der Waals surface area (Å²) in [7, 11) is 1.55. The first-order chi connectivity index (χ1) is 13.5. The van der Waals surface area contributed by atoms with Gasteiger partial charge in [-0.25, -0.2) is 4.79 Å². The number of carboxylic acids is 1. The summed E-state index contributed by atoms with van der Waals surface area (Å²) in [6.07, 6.45) is 5.22. The van der Waals surface area contributed by atoms with Gasteiger partial charge < -0.3 is 19.9 Å². The van der Waals surface area contributed by atoms with E-state index in [0.717, 1.165) is 5.56 Å². The molecule has 2 aromatic carbocycles. The minimum absolute atomic E-state index is 0.0209. The Labute approximate surface area is 163 Å². The molecule has 0 spiro atoms. The SMILES string of the molecule is C#CCOc1ccc(C2C(C)C2C(=O)Nc2ccccc2C(=O)O)cc1OC. The molecular weight excluding hydrogens is 358 g/mol. The topological polar surface area (TPSA) is 84.9 Å². The van der Waals surface area contributed by atoms with Gasteiger partial charge in [-0.2, -0.15) is 0 Å². The van der Waals surface area contributed by atoms with E-state index in [0.29, 0.717) is 17.2 Å². The van der Waals surface area contributed by atoms with Crippen LogP contribution in [0.4, 0.5) is 5.69 Å². The van der Waals surface area contributed by atoms with E-state index in [1.54, 1.807) is 31.4 Å². The highest BCUT2D eigenvalue weighted by Crippen LogP contribution is 2.55. The van der Waals surface area contributed by atoms with Gasteiger partial charge in [-0.05, 0) is 41.7 Å². The predicted octanol–water partition coefficient (Wildman–Crippen LogP) is 3.39. The van der Waals surface area contributed by atoms with Crippen molar-refractivity contribution >= 4 is 17.6 Å². The highest BCUT2D eigenvalue weighted by molar-refractivity contribution is 6.02. The van der Waals surface area contributed by atoms with Crippen LogP contribution < -0.4 is 14.8 Å². The molecule has 1 aliphatic rings. The number of ether oxygens (including phenoxy) is 2. The number of anilines is 1. The number of benzene rings is 2. The van der Waals surface area contributed by atoms with Gasteiger partial charge in [-0.1, -0.05) is 31.0 Å². The second-order valence-electron chi connectivity index (χ2n) is 6.65. The Kier molecular flexibility index (Phi) is 5.55. The lowest BCUT2D eigenvalue weighted by atomic mass is 10.1. The second kappa shape index (κ2) is 8.05. The lowest BCUT2D eigenvalue weighted by molar-refractivity contribution is -0.117. The van der Waals surface area contributed by atoms with E-state index in [2.05, 4.69) is 11.2 Å². The number of carbonyl (C=O) groups excluding carboxylic acids is 1. The van der Waals surface area contributed by atoms with Crippen LogP contribution >= 0.6 is 0 Å². The van der Waals surface area contributed by atoms with Crippen molar-refractivity contribution in [3.05, 3.63) is 53.6 Å². The molecule has 0 heterocycles. The Balaban J connectivity index is 1.76. The number of hydrogen-bond donors (Lipinski definition) is 2. The van der Waals surface area contributed by atoms with Gasteiger partial charge in [0.1, 0.15) is 6.61 Å². The molecule has 1 saturated carbocycles. The van der Waals surface area contributed by atoms with Gasteiger partial charge in [-0.15, -0.1) is 6.42 Å². The summed E-state index contributed by atoms with van der Waals surface area (Å²) in [6.45, 7) is 2.14. The number of hydrogen-bond acceptors (Lipinski definition) is 4. The first kappa shape index (κ1) is 19.3. The quantitative estimate of drug-likeness (QED) is 0.721. The Morgan fingerprint density at radius 2 is 1.96 bits per heavy atom. The largest absolute Gasteiger partial charge is 0.493 e. The number of terminal acetylenes is 1.